The summed E-state index contributed by atoms with van der Waals surface area (Å²) in [5, 5.41) is 0. The molecule has 0 fully saturated rings. The number of thioether (sulfide) groups is 1. The summed E-state index contributed by atoms with van der Waals surface area (Å²) in [6.45, 7) is 1.44. The first kappa shape index (κ1) is 21.5. The van der Waals surface area contributed by atoms with Crippen LogP contribution in [0, 0.1) is 0 Å². The number of carbonyl (C=O) groups is 3. The van der Waals surface area contributed by atoms with Gasteiger partial charge in [-0.05, 0) is 37.3 Å². The Kier molecular flexibility index (Phi) is 7.63. The fraction of sp³-hybridized carbons (Fsp3) is 0.286. The molecule has 2 rings (SSSR count). The number of amides is 1. The maximum absolute atomic E-state index is 12.6. The zero-order chi connectivity index (χ0) is 20.7. The van der Waals surface area contributed by atoms with E-state index < -0.39 is 5.97 Å². The van der Waals surface area contributed by atoms with Gasteiger partial charge in [0.25, 0.3) is 0 Å². The topological polar surface area (TPSA) is 72.9 Å². The second-order valence-corrected chi connectivity index (χ2v) is 7.25. The molecule has 148 valence electrons. The van der Waals surface area contributed by atoms with Crippen molar-refractivity contribution in [3.63, 3.8) is 0 Å². The van der Waals surface area contributed by atoms with Crippen LogP contribution in [-0.4, -0.2) is 49.5 Å². The van der Waals surface area contributed by atoms with Crippen LogP contribution in [0.1, 0.15) is 33.2 Å². The van der Waals surface area contributed by atoms with E-state index in [0.717, 1.165) is 0 Å². The Labute approximate surface area is 168 Å². The second kappa shape index (κ2) is 9.94. The molecule has 2 aromatic carbocycles. The van der Waals surface area contributed by atoms with Crippen LogP contribution in [0.5, 0.6) is 5.75 Å². The van der Waals surface area contributed by atoms with Crippen LogP contribution in [0.2, 0.25) is 0 Å². The Bertz CT molecular complexity index is 879. The quantitative estimate of drug-likeness (QED) is 0.383. The first-order valence-corrected chi connectivity index (χ1v) is 9.59. The molecule has 0 heterocycles. The predicted molar refractivity (Wildman–Crippen MR) is 108 cm³/mol. The van der Waals surface area contributed by atoms with Crippen molar-refractivity contribution >= 4 is 29.4 Å². The summed E-state index contributed by atoms with van der Waals surface area (Å²) in [5.74, 6) is 0.139. The van der Waals surface area contributed by atoms with E-state index in [1.54, 1.807) is 56.6 Å². The van der Waals surface area contributed by atoms with Crippen molar-refractivity contribution in [2.45, 2.75) is 18.4 Å². The normalized spacial score (nSPS) is 10.3. The van der Waals surface area contributed by atoms with E-state index in [4.69, 9.17) is 9.47 Å². The van der Waals surface area contributed by atoms with Crippen LogP contribution < -0.4 is 4.74 Å². The van der Waals surface area contributed by atoms with Crippen molar-refractivity contribution in [2.75, 3.05) is 27.0 Å². The van der Waals surface area contributed by atoms with Gasteiger partial charge in [-0.15, -0.1) is 11.8 Å². The Morgan fingerprint density at radius 2 is 1.79 bits per heavy atom. The minimum atomic E-state index is -0.504. The Balaban J connectivity index is 2.13. The third-order valence-corrected chi connectivity index (χ3v) is 5.06. The van der Waals surface area contributed by atoms with E-state index in [2.05, 4.69) is 0 Å². The van der Waals surface area contributed by atoms with Crippen LogP contribution in [0.3, 0.4) is 0 Å². The summed E-state index contributed by atoms with van der Waals surface area (Å²) >= 11 is 1.29. The first-order valence-electron chi connectivity index (χ1n) is 8.60. The highest BCUT2D eigenvalue weighted by molar-refractivity contribution is 8.00. The lowest BCUT2D eigenvalue weighted by molar-refractivity contribution is -0.125. The predicted octanol–water partition coefficient (Wildman–Crippen LogP) is 3.44. The molecular formula is C21H23NO5S. The molecule has 0 radical (unpaired) electrons. The van der Waals surface area contributed by atoms with Crippen LogP contribution in [0.15, 0.2) is 47.4 Å². The van der Waals surface area contributed by atoms with E-state index in [1.165, 1.54) is 30.7 Å². The number of ether oxygens (including phenoxy) is 2. The minimum Gasteiger partial charge on any atom is -0.496 e. The Hall–Kier alpha value is -2.80. The number of hydrogen-bond acceptors (Lipinski definition) is 6. The van der Waals surface area contributed by atoms with Gasteiger partial charge in [0.1, 0.15) is 12.4 Å². The fourth-order valence-electron chi connectivity index (χ4n) is 2.36. The van der Waals surface area contributed by atoms with Crippen molar-refractivity contribution in [3.05, 3.63) is 59.2 Å². The smallest absolute Gasteiger partial charge is 0.339 e. The van der Waals surface area contributed by atoms with Crippen molar-refractivity contribution in [3.8, 4) is 5.75 Å². The van der Waals surface area contributed by atoms with Crippen molar-refractivity contribution in [1.29, 1.82) is 0 Å². The molecular weight excluding hydrogens is 378 g/mol. The van der Waals surface area contributed by atoms with E-state index in [-0.39, 0.29) is 24.1 Å². The molecule has 0 unspecified atom stereocenters. The molecule has 0 aromatic heterocycles. The van der Waals surface area contributed by atoms with Crippen molar-refractivity contribution < 1.29 is 23.9 Å². The zero-order valence-electron chi connectivity index (χ0n) is 16.4. The first-order chi connectivity index (χ1) is 13.3. The van der Waals surface area contributed by atoms with Gasteiger partial charge in [-0.2, -0.15) is 0 Å². The number of ketones is 1. The van der Waals surface area contributed by atoms with Gasteiger partial charge in [-0.3, -0.25) is 9.59 Å². The largest absolute Gasteiger partial charge is 0.496 e. The van der Waals surface area contributed by atoms with Gasteiger partial charge in [-0.25, -0.2) is 4.79 Å². The summed E-state index contributed by atoms with van der Waals surface area (Å²) < 4.78 is 10.7. The van der Waals surface area contributed by atoms with E-state index in [0.29, 0.717) is 27.3 Å². The zero-order valence-corrected chi connectivity index (χ0v) is 17.2. The van der Waals surface area contributed by atoms with Crippen molar-refractivity contribution in [1.82, 2.24) is 4.90 Å². The number of methoxy groups -OCH3 is 1. The third-order valence-electron chi connectivity index (χ3n) is 4.00. The lowest BCUT2D eigenvalue weighted by Gasteiger charge is -2.13. The van der Waals surface area contributed by atoms with Crippen LogP contribution in [0.4, 0.5) is 0 Å². The van der Waals surface area contributed by atoms with E-state index in [9.17, 15) is 14.4 Å². The molecule has 2 aromatic rings. The van der Waals surface area contributed by atoms with Gasteiger partial charge in [0.05, 0.1) is 18.4 Å². The van der Waals surface area contributed by atoms with Crippen LogP contribution in [-0.2, 0) is 16.1 Å². The molecule has 28 heavy (non-hydrogen) atoms. The highest BCUT2D eigenvalue weighted by atomic mass is 32.2. The maximum Gasteiger partial charge on any atom is 0.339 e. The van der Waals surface area contributed by atoms with Gasteiger partial charge in [0, 0.05) is 30.1 Å². The summed E-state index contributed by atoms with van der Waals surface area (Å²) in [7, 11) is 4.89. The highest BCUT2D eigenvalue weighted by Crippen LogP contribution is 2.25. The number of Topliss-reactive ketones (excluding diaryl/α,β-unsaturated/α-hetero) is 1. The molecule has 1 amide bonds. The number of carbonyl (C=O) groups excluding carboxylic acids is 3. The summed E-state index contributed by atoms with van der Waals surface area (Å²) in [6.07, 6.45) is 0. The maximum atomic E-state index is 12.6. The van der Waals surface area contributed by atoms with E-state index >= 15 is 0 Å². The molecule has 7 heteroatoms. The molecule has 0 aliphatic rings. The molecule has 0 spiro atoms. The van der Waals surface area contributed by atoms with Gasteiger partial charge in [0.2, 0.25) is 5.91 Å². The minimum absolute atomic E-state index is 0.0290. The Morgan fingerprint density at radius 3 is 2.43 bits per heavy atom. The molecule has 6 nitrogen and oxygen atoms in total. The summed E-state index contributed by atoms with van der Waals surface area (Å²) in [5.41, 5.74) is 1.52. The number of nitrogens with zero attached hydrogens (tertiary/aromatic N) is 1. The average molecular weight is 401 g/mol. The number of benzene rings is 2. The second-order valence-electron chi connectivity index (χ2n) is 6.23. The van der Waals surface area contributed by atoms with Gasteiger partial charge in [-0.1, -0.05) is 12.1 Å². The Morgan fingerprint density at radius 1 is 1.07 bits per heavy atom. The number of hydrogen-bond donors (Lipinski definition) is 0. The molecule has 0 saturated heterocycles. The van der Waals surface area contributed by atoms with Gasteiger partial charge < -0.3 is 14.4 Å². The average Bonchev–Trinajstić information content (AvgIpc) is 2.69. The molecule has 0 N–H and O–H groups in total. The van der Waals surface area contributed by atoms with Gasteiger partial charge in [0.15, 0.2) is 5.78 Å². The van der Waals surface area contributed by atoms with Crippen molar-refractivity contribution in [2.24, 2.45) is 0 Å². The van der Waals surface area contributed by atoms with E-state index in [1.807, 2.05) is 0 Å². The molecule has 0 aliphatic carbocycles. The van der Waals surface area contributed by atoms with Gasteiger partial charge >= 0.3 is 5.97 Å². The molecule has 0 saturated carbocycles. The molecule has 0 atom stereocenters. The third kappa shape index (κ3) is 5.60. The monoisotopic (exact) mass is 401 g/mol. The summed E-state index contributed by atoms with van der Waals surface area (Å²) in [4.78, 5) is 38.2. The lowest BCUT2D eigenvalue weighted by atomic mass is 10.1. The number of rotatable bonds is 8. The lowest BCUT2D eigenvalue weighted by Crippen LogP contribution is -2.23. The van der Waals surface area contributed by atoms with Crippen LogP contribution in [0.25, 0.3) is 0 Å². The number of esters is 1. The SMILES string of the molecule is COc1ccc(C(C)=O)cc1COC(=O)c1ccccc1SCC(=O)N(C)C. The molecule has 0 aliphatic heterocycles. The standard InChI is InChI=1S/C21H23NO5S/c1-14(23)15-9-10-18(26-4)16(11-15)12-27-21(25)17-7-5-6-8-19(17)28-13-20(24)22(2)3/h5-11H,12-13H2,1-4H3. The fourth-order valence-corrected chi connectivity index (χ4v) is 3.38. The highest BCUT2D eigenvalue weighted by Gasteiger charge is 2.16. The molecule has 0 bridgehead atoms. The van der Waals surface area contributed by atoms with Crippen LogP contribution >= 0.6 is 11.8 Å². The summed E-state index contributed by atoms with van der Waals surface area (Å²) in [6, 6.07) is 12.0.